The number of aromatic nitrogens is 2. The molecular weight excluding hydrogens is 268 g/mol. The van der Waals surface area contributed by atoms with Crippen molar-refractivity contribution in [3.8, 4) is 0 Å². The van der Waals surface area contributed by atoms with E-state index in [9.17, 15) is 10.1 Å². The second-order valence-corrected chi connectivity index (χ2v) is 4.83. The van der Waals surface area contributed by atoms with Gasteiger partial charge in [0.1, 0.15) is 11.6 Å². The van der Waals surface area contributed by atoms with Crippen LogP contribution < -0.4 is 17.2 Å². The molecule has 1 unspecified atom stereocenters. The molecule has 0 radical (unpaired) electrons. The summed E-state index contributed by atoms with van der Waals surface area (Å²) in [6.07, 6.45) is 0. The number of nitro groups is 1. The predicted molar refractivity (Wildman–Crippen MR) is 73.3 cm³/mol. The topological polar surface area (TPSA) is 147 Å². The van der Waals surface area contributed by atoms with E-state index in [1.807, 2.05) is 5.38 Å². The van der Waals surface area contributed by atoms with Gasteiger partial charge < -0.3 is 17.2 Å². The third kappa shape index (κ3) is 2.71. The molecule has 100 valence electrons. The van der Waals surface area contributed by atoms with Crippen LogP contribution in [0.25, 0.3) is 0 Å². The molecule has 2 rings (SSSR count). The monoisotopic (exact) mass is 280 g/mol. The molecule has 2 aromatic rings. The Morgan fingerprint density at radius 1 is 1.32 bits per heavy atom. The van der Waals surface area contributed by atoms with Crippen LogP contribution >= 0.6 is 11.3 Å². The molecule has 19 heavy (non-hydrogen) atoms. The van der Waals surface area contributed by atoms with E-state index >= 15 is 0 Å². The van der Waals surface area contributed by atoms with E-state index < -0.39 is 10.8 Å². The number of nitrogens with two attached hydrogens (primary N) is 3. The van der Waals surface area contributed by atoms with Gasteiger partial charge in [-0.15, -0.1) is 11.3 Å². The molecule has 0 saturated heterocycles. The molecule has 0 aromatic carbocycles. The zero-order valence-electron chi connectivity index (χ0n) is 9.81. The van der Waals surface area contributed by atoms with Gasteiger partial charge in [0.2, 0.25) is 12.5 Å². The van der Waals surface area contributed by atoms with Gasteiger partial charge in [-0.3, -0.25) is 10.1 Å². The summed E-state index contributed by atoms with van der Waals surface area (Å²) in [5, 5.41) is 12.7. The molecule has 0 aliphatic rings. The van der Waals surface area contributed by atoms with Gasteiger partial charge in [0.05, 0.1) is 11.5 Å². The Balaban J connectivity index is 2.53. The predicted octanol–water partition coefficient (Wildman–Crippen LogP) is 0.693. The zero-order chi connectivity index (χ0) is 14.0. The Kier molecular flexibility index (Phi) is 3.47. The van der Waals surface area contributed by atoms with E-state index in [2.05, 4.69) is 9.97 Å². The van der Waals surface area contributed by atoms with Crippen molar-refractivity contribution in [3.63, 3.8) is 0 Å². The summed E-state index contributed by atoms with van der Waals surface area (Å²) in [6.45, 7) is -0.331. The quantitative estimate of drug-likeness (QED) is 0.551. The lowest BCUT2D eigenvalue weighted by molar-refractivity contribution is -0.481. The van der Waals surface area contributed by atoms with Crippen LogP contribution in [0.15, 0.2) is 17.5 Å². The summed E-state index contributed by atoms with van der Waals surface area (Å²) in [7, 11) is 0. The summed E-state index contributed by atoms with van der Waals surface area (Å²) in [5.74, 6) is -0.476. The van der Waals surface area contributed by atoms with Crippen molar-refractivity contribution < 1.29 is 4.92 Å². The highest BCUT2D eigenvalue weighted by Gasteiger charge is 2.27. The fraction of sp³-hybridized carbons (Fsp3) is 0.200. The number of nitrogens with zero attached hydrogens (tertiary/aromatic N) is 3. The number of hydrogen-bond donors (Lipinski definition) is 3. The van der Waals surface area contributed by atoms with Crippen molar-refractivity contribution in [2.45, 2.75) is 5.92 Å². The van der Waals surface area contributed by atoms with Crippen LogP contribution in [0.1, 0.15) is 16.4 Å². The molecule has 0 bridgehead atoms. The van der Waals surface area contributed by atoms with E-state index in [-0.39, 0.29) is 24.1 Å². The molecule has 0 saturated carbocycles. The number of hydrogen-bond acceptors (Lipinski definition) is 8. The minimum Gasteiger partial charge on any atom is -0.383 e. The van der Waals surface area contributed by atoms with Crippen molar-refractivity contribution >= 4 is 28.9 Å². The molecule has 0 fully saturated rings. The van der Waals surface area contributed by atoms with Gasteiger partial charge in [-0.05, 0) is 11.4 Å². The van der Waals surface area contributed by atoms with Crippen LogP contribution in [-0.2, 0) is 0 Å². The molecule has 0 aliphatic heterocycles. The van der Waals surface area contributed by atoms with E-state index in [0.717, 1.165) is 4.88 Å². The van der Waals surface area contributed by atoms with Crippen LogP contribution in [0.3, 0.4) is 0 Å². The lowest BCUT2D eigenvalue weighted by atomic mass is 9.98. The summed E-state index contributed by atoms with van der Waals surface area (Å²) in [6, 6.07) is 3.59. The van der Waals surface area contributed by atoms with Crippen molar-refractivity contribution in [3.05, 3.63) is 38.1 Å². The Labute approximate surface area is 112 Å². The third-order valence-electron chi connectivity index (χ3n) is 2.59. The summed E-state index contributed by atoms with van der Waals surface area (Å²) in [4.78, 5) is 18.8. The first-order valence-corrected chi connectivity index (χ1v) is 6.20. The smallest absolute Gasteiger partial charge is 0.223 e. The highest BCUT2D eigenvalue weighted by Crippen LogP contribution is 2.34. The second kappa shape index (κ2) is 5.06. The maximum absolute atomic E-state index is 10.8. The summed E-state index contributed by atoms with van der Waals surface area (Å²) < 4.78 is 0. The third-order valence-corrected chi connectivity index (χ3v) is 3.57. The second-order valence-electron chi connectivity index (χ2n) is 3.85. The summed E-state index contributed by atoms with van der Waals surface area (Å²) in [5.41, 5.74) is 17.3. The van der Waals surface area contributed by atoms with Crippen LogP contribution in [0.2, 0.25) is 0 Å². The van der Waals surface area contributed by atoms with Crippen molar-refractivity contribution in [2.24, 2.45) is 0 Å². The normalized spacial score (nSPS) is 12.2. The van der Waals surface area contributed by atoms with E-state index in [4.69, 9.17) is 17.2 Å². The van der Waals surface area contributed by atoms with E-state index in [1.54, 1.807) is 12.1 Å². The molecule has 1 atom stereocenters. The molecule has 2 heterocycles. The van der Waals surface area contributed by atoms with Crippen LogP contribution in [-0.4, -0.2) is 21.4 Å². The molecule has 0 amide bonds. The molecule has 9 heteroatoms. The maximum atomic E-state index is 10.8. The minimum absolute atomic E-state index is 0.0511. The fourth-order valence-electron chi connectivity index (χ4n) is 1.84. The first-order valence-electron chi connectivity index (χ1n) is 5.32. The average Bonchev–Trinajstić information content (AvgIpc) is 2.78. The van der Waals surface area contributed by atoms with Crippen molar-refractivity contribution in [1.29, 1.82) is 0 Å². The van der Waals surface area contributed by atoms with E-state index in [1.165, 1.54) is 11.3 Å². The highest BCUT2D eigenvalue weighted by atomic mass is 32.1. The largest absolute Gasteiger partial charge is 0.383 e. The summed E-state index contributed by atoms with van der Waals surface area (Å²) >= 11 is 1.39. The average molecular weight is 280 g/mol. The van der Waals surface area contributed by atoms with Crippen molar-refractivity contribution in [2.75, 3.05) is 23.7 Å². The van der Waals surface area contributed by atoms with E-state index in [0.29, 0.717) is 5.56 Å². The molecule has 0 aliphatic carbocycles. The lowest BCUT2D eigenvalue weighted by Gasteiger charge is -2.15. The van der Waals surface area contributed by atoms with Gasteiger partial charge in [0.25, 0.3) is 0 Å². The standard InChI is InChI=1S/C10H12N6O2S/c11-8-7(9(12)15-10(13)14-8)5(4-16(17)18)6-2-1-3-19-6/h1-3,5H,4H2,(H6,11,12,13,14,15). The maximum Gasteiger partial charge on any atom is 0.223 e. The minimum atomic E-state index is -0.574. The Hall–Kier alpha value is -2.42. The first-order chi connectivity index (χ1) is 8.99. The number of thiophene rings is 1. The zero-order valence-corrected chi connectivity index (χ0v) is 10.6. The van der Waals surface area contributed by atoms with Crippen LogP contribution in [0, 0.1) is 10.1 Å². The van der Waals surface area contributed by atoms with Crippen LogP contribution in [0.4, 0.5) is 17.6 Å². The van der Waals surface area contributed by atoms with Gasteiger partial charge in [0, 0.05) is 9.80 Å². The Morgan fingerprint density at radius 3 is 2.42 bits per heavy atom. The van der Waals surface area contributed by atoms with Gasteiger partial charge in [-0.25, -0.2) is 0 Å². The molecule has 8 nitrogen and oxygen atoms in total. The Bertz CT molecular complexity index is 577. The number of rotatable bonds is 4. The van der Waals surface area contributed by atoms with Gasteiger partial charge in [-0.1, -0.05) is 6.07 Å². The van der Waals surface area contributed by atoms with Gasteiger partial charge >= 0.3 is 0 Å². The van der Waals surface area contributed by atoms with Gasteiger partial charge in [-0.2, -0.15) is 9.97 Å². The molecule has 2 aromatic heterocycles. The fourth-order valence-corrected chi connectivity index (χ4v) is 2.67. The van der Waals surface area contributed by atoms with Crippen molar-refractivity contribution in [1.82, 2.24) is 9.97 Å². The van der Waals surface area contributed by atoms with Gasteiger partial charge in [0.15, 0.2) is 0 Å². The molecule has 0 spiro atoms. The SMILES string of the molecule is Nc1nc(N)c(C(C[N+](=O)[O-])c2cccs2)c(N)n1. The van der Waals surface area contributed by atoms with Crippen LogP contribution in [0.5, 0.6) is 0 Å². The Morgan fingerprint density at radius 2 is 1.95 bits per heavy atom. The highest BCUT2D eigenvalue weighted by molar-refractivity contribution is 7.10. The number of nitrogen functional groups attached to an aromatic ring is 3. The first kappa shape index (κ1) is 13.0. The lowest BCUT2D eigenvalue weighted by Crippen LogP contribution is -2.18. The molecular formula is C10H12N6O2S. The number of anilines is 3. The molecule has 6 N–H and O–H groups in total.